The van der Waals surface area contributed by atoms with E-state index in [-0.39, 0.29) is 10.9 Å². The fourth-order valence-corrected chi connectivity index (χ4v) is 4.30. The third-order valence-corrected chi connectivity index (χ3v) is 5.69. The zero-order valence-corrected chi connectivity index (χ0v) is 13.6. The van der Waals surface area contributed by atoms with Crippen LogP contribution in [0.1, 0.15) is 39.5 Å². The first-order valence-electron chi connectivity index (χ1n) is 7.47. The summed E-state index contributed by atoms with van der Waals surface area (Å²) in [5.74, 6) is 2.33. The molecule has 0 aliphatic carbocycles. The van der Waals surface area contributed by atoms with Gasteiger partial charge in [0.25, 0.3) is 0 Å². The first kappa shape index (κ1) is 16.0. The average Bonchev–Trinajstić information content (AvgIpc) is 3.29. The van der Waals surface area contributed by atoms with Crippen molar-refractivity contribution < 1.29 is 14.2 Å². The Labute approximate surface area is 125 Å². The van der Waals surface area contributed by atoms with Gasteiger partial charge in [0.05, 0.1) is 13.2 Å². The molecular formula is C14H26O3S2. The van der Waals surface area contributed by atoms with E-state index in [2.05, 4.69) is 13.8 Å². The summed E-state index contributed by atoms with van der Waals surface area (Å²) in [5, 5.41) is 0. The van der Waals surface area contributed by atoms with Crippen molar-refractivity contribution in [3.63, 3.8) is 0 Å². The van der Waals surface area contributed by atoms with Gasteiger partial charge in [0.1, 0.15) is 23.1 Å². The van der Waals surface area contributed by atoms with Gasteiger partial charge in [-0.3, -0.25) is 0 Å². The van der Waals surface area contributed by atoms with Crippen molar-refractivity contribution in [2.75, 3.05) is 24.7 Å². The predicted molar refractivity (Wildman–Crippen MR) is 82.9 cm³/mol. The third-order valence-electron chi connectivity index (χ3n) is 3.15. The van der Waals surface area contributed by atoms with Gasteiger partial charge in [0, 0.05) is 0 Å². The smallest absolute Gasteiger partial charge is 0.133 e. The maximum absolute atomic E-state index is 6.27. The van der Waals surface area contributed by atoms with E-state index in [9.17, 15) is 0 Å². The third kappa shape index (κ3) is 6.25. The van der Waals surface area contributed by atoms with Crippen LogP contribution >= 0.6 is 23.5 Å². The van der Waals surface area contributed by atoms with Crippen molar-refractivity contribution in [2.45, 2.75) is 62.6 Å². The largest absolute Gasteiger partial charge is 0.369 e. The van der Waals surface area contributed by atoms with Crippen molar-refractivity contribution >= 4 is 23.5 Å². The fourth-order valence-electron chi connectivity index (χ4n) is 1.71. The van der Waals surface area contributed by atoms with Crippen LogP contribution in [0.4, 0.5) is 0 Å². The van der Waals surface area contributed by atoms with Crippen molar-refractivity contribution in [3.05, 3.63) is 0 Å². The van der Waals surface area contributed by atoms with Crippen LogP contribution < -0.4 is 0 Å². The lowest BCUT2D eigenvalue weighted by molar-refractivity contribution is 0.0575. The van der Waals surface area contributed by atoms with Crippen LogP contribution in [0.5, 0.6) is 0 Å². The SMILES string of the molecule is CCCCSC(OC(SCCCC)C1CO1)C1CO1. The van der Waals surface area contributed by atoms with Gasteiger partial charge in [0.15, 0.2) is 0 Å². The van der Waals surface area contributed by atoms with E-state index in [1.54, 1.807) is 0 Å². The molecule has 0 aromatic carbocycles. The predicted octanol–water partition coefficient (Wildman–Crippen LogP) is 3.52. The Morgan fingerprint density at radius 2 is 1.37 bits per heavy atom. The topological polar surface area (TPSA) is 34.3 Å². The number of hydrogen-bond donors (Lipinski definition) is 0. The molecular weight excluding hydrogens is 280 g/mol. The van der Waals surface area contributed by atoms with Gasteiger partial charge in [-0.2, -0.15) is 0 Å². The molecule has 0 spiro atoms. The van der Waals surface area contributed by atoms with Gasteiger partial charge in [-0.05, 0) is 24.3 Å². The minimum absolute atomic E-state index is 0.204. The molecule has 4 atom stereocenters. The second-order valence-corrected chi connectivity index (χ2v) is 7.48. The highest BCUT2D eigenvalue weighted by molar-refractivity contribution is 8.00. The Morgan fingerprint density at radius 3 is 1.68 bits per heavy atom. The van der Waals surface area contributed by atoms with Gasteiger partial charge in [-0.1, -0.05) is 26.7 Å². The van der Waals surface area contributed by atoms with E-state index < -0.39 is 0 Å². The fraction of sp³-hybridized carbons (Fsp3) is 1.00. The lowest BCUT2D eigenvalue weighted by Crippen LogP contribution is -2.26. The minimum Gasteiger partial charge on any atom is -0.369 e. The maximum atomic E-state index is 6.27. The molecule has 2 fully saturated rings. The number of rotatable bonds is 12. The summed E-state index contributed by atoms with van der Waals surface area (Å²) in [6.07, 6.45) is 5.62. The molecule has 0 N–H and O–H groups in total. The Balaban J connectivity index is 1.72. The number of hydrogen-bond acceptors (Lipinski definition) is 5. The summed E-state index contributed by atoms with van der Waals surface area (Å²) in [7, 11) is 0. The molecule has 5 heteroatoms. The molecule has 0 bridgehead atoms. The summed E-state index contributed by atoms with van der Waals surface area (Å²) in [4.78, 5) is 0. The van der Waals surface area contributed by atoms with E-state index in [0.717, 1.165) is 13.2 Å². The monoisotopic (exact) mass is 306 g/mol. The van der Waals surface area contributed by atoms with Crippen LogP contribution in [0.3, 0.4) is 0 Å². The van der Waals surface area contributed by atoms with Crippen LogP contribution in [-0.4, -0.2) is 47.8 Å². The standard InChI is InChI=1S/C14H26O3S2/c1-3-5-7-18-13(11-9-15-11)17-14(12-10-16-12)19-8-6-4-2/h11-14H,3-10H2,1-2H3. The van der Waals surface area contributed by atoms with E-state index in [1.165, 1.54) is 37.2 Å². The van der Waals surface area contributed by atoms with E-state index in [0.29, 0.717) is 12.2 Å². The summed E-state index contributed by atoms with van der Waals surface area (Å²) < 4.78 is 17.1. The molecule has 2 heterocycles. The molecule has 2 saturated heterocycles. The molecule has 4 unspecified atom stereocenters. The number of epoxide rings is 2. The highest BCUT2D eigenvalue weighted by Gasteiger charge is 2.40. The van der Waals surface area contributed by atoms with Gasteiger partial charge >= 0.3 is 0 Å². The van der Waals surface area contributed by atoms with Crippen LogP contribution in [0, 0.1) is 0 Å². The molecule has 0 amide bonds. The van der Waals surface area contributed by atoms with Crippen molar-refractivity contribution in [1.82, 2.24) is 0 Å². The van der Waals surface area contributed by atoms with Crippen molar-refractivity contribution in [2.24, 2.45) is 0 Å². The molecule has 0 saturated carbocycles. The number of thioether (sulfide) groups is 2. The number of unbranched alkanes of at least 4 members (excludes halogenated alkanes) is 2. The van der Waals surface area contributed by atoms with E-state index >= 15 is 0 Å². The van der Waals surface area contributed by atoms with Gasteiger partial charge < -0.3 is 14.2 Å². The van der Waals surface area contributed by atoms with Crippen LogP contribution in [-0.2, 0) is 14.2 Å². The lowest BCUT2D eigenvalue weighted by Gasteiger charge is -2.22. The zero-order valence-electron chi connectivity index (χ0n) is 12.0. The summed E-state index contributed by atoms with van der Waals surface area (Å²) in [5.41, 5.74) is 0.407. The van der Waals surface area contributed by atoms with E-state index in [4.69, 9.17) is 14.2 Å². The second kappa shape index (κ2) is 8.78. The van der Waals surface area contributed by atoms with E-state index in [1.807, 2.05) is 23.5 Å². The Bertz CT molecular complexity index is 221. The van der Waals surface area contributed by atoms with Gasteiger partial charge in [-0.25, -0.2) is 0 Å². The Kier molecular flexibility index (Phi) is 7.37. The molecule has 2 aliphatic heterocycles. The highest BCUT2D eigenvalue weighted by Crippen LogP contribution is 2.35. The first-order chi connectivity index (χ1) is 9.35. The number of ether oxygens (including phenoxy) is 3. The summed E-state index contributed by atoms with van der Waals surface area (Å²) >= 11 is 3.83. The zero-order chi connectivity index (χ0) is 13.5. The first-order valence-corrected chi connectivity index (χ1v) is 9.56. The molecule has 2 aliphatic rings. The molecule has 19 heavy (non-hydrogen) atoms. The molecule has 0 radical (unpaired) electrons. The van der Waals surface area contributed by atoms with Crippen molar-refractivity contribution in [1.29, 1.82) is 0 Å². The Morgan fingerprint density at radius 1 is 0.947 bits per heavy atom. The highest BCUT2D eigenvalue weighted by atomic mass is 32.2. The van der Waals surface area contributed by atoms with Crippen molar-refractivity contribution in [3.8, 4) is 0 Å². The normalized spacial score (nSPS) is 28.1. The molecule has 2 rings (SSSR count). The molecule has 112 valence electrons. The average molecular weight is 306 g/mol. The van der Waals surface area contributed by atoms with Crippen LogP contribution in [0.25, 0.3) is 0 Å². The molecule has 0 aromatic heterocycles. The maximum Gasteiger partial charge on any atom is 0.133 e. The van der Waals surface area contributed by atoms with Gasteiger partial charge in [0.2, 0.25) is 0 Å². The quantitative estimate of drug-likeness (QED) is 0.313. The van der Waals surface area contributed by atoms with Crippen LogP contribution in [0.15, 0.2) is 0 Å². The minimum atomic E-state index is 0.204. The van der Waals surface area contributed by atoms with Gasteiger partial charge in [-0.15, -0.1) is 23.5 Å². The Hall–Kier alpha value is 0.580. The summed E-state index contributed by atoms with van der Waals surface area (Å²) in [6.45, 7) is 6.18. The second-order valence-electron chi connectivity index (χ2n) is 5.07. The van der Waals surface area contributed by atoms with Crippen LogP contribution in [0.2, 0.25) is 0 Å². The molecule has 3 nitrogen and oxygen atoms in total. The lowest BCUT2D eigenvalue weighted by atomic mass is 10.4. The molecule has 0 aromatic rings. The summed E-state index contributed by atoms with van der Waals surface area (Å²) in [6, 6.07) is 0.